The van der Waals surface area contributed by atoms with Gasteiger partial charge in [0.1, 0.15) is 0 Å². The molecule has 0 aromatic heterocycles. The summed E-state index contributed by atoms with van der Waals surface area (Å²) < 4.78 is 2.37. The van der Waals surface area contributed by atoms with Crippen molar-refractivity contribution < 1.29 is 33.8 Å². The zero-order valence-electron chi connectivity index (χ0n) is 44.3. The summed E-state index contributed by atoms with van der Waals surface area (Å²) in [6.07, 6.45) is 67.3. The number of hydrogen-bond donors (Lipinski definition) is 0. The average molecular weight is 907 g/mol. The Morgan fingerprint density at radius 1 is 0.180 bits per heavy atom. The van der Waals surface area contributed by atoms with Crippen LogP contribution in [0.1, 0.15) is 316 Å². The maximum absolute atomic E-state index is 2.47. The first kappa shape index (κ1) is 68.1. The van der Waals surface area contributed by atoms with Gasteiger partial charge in [-0.1, -0.05) is 278 Å². The van der Waals surface area contributed by atoms with E-state index in [0.29, 0.717) is 0 Å². The van der Waals surface area contributed by atoms with Gasteiger partial charge >= 0.3 is 0 Å². The highest BCUT2D eigenvalue weighted by molar-refractivity contribution is 4.53. The molecule has 0 saturated carbocycles. The summed E-state index contributed by atoms with van der Waals surface area (Å²) in [5, 5.41) is 0. The second-order valence-electron chi connectivity index (χ2n) is 21.6. The van der Waals surface area contributed by atoms with Crippen LogP contribution in [0.25, 0.3) is 0 Å². The van der Waals surface area contributed by atoms with Crippen LogP contribution in [0.15, 0.2) is 0 Å². The Labute approximate surface area is 402 Å². The predicted molar refractivity (Wildman–Crippen MR) is 274 cm³/mol. The van der Waals surface area contributed by atoms with Crippen LogP contribution >= 0.6 is 0 Å². The Bertz CT molecular complexity index is 697. The molecule has 0 fully saturated rings. The van der Waals surface area contributed by atoms with E-state index in [4.69, 9.17) is 0 Å². The van der Waals surface area contributed by atoms with Crippen molar-refractivity contribution in [3.8, 4) is 0 Å². The van der Waals surface area contributed by atoms with E-state index < -0.39 is 0 Å². The van der Waals surface area contributed by atoms with E-state index in [1.54, 1.807) is 0 Å². The third-order valence-corrected chi connectivity index (χ3v) is 13.4. The molecule has 0 amide bonds. The number of nitrogens with zero attached hydrogens (tertiary/aromatic N) is 2. The van der Waals surface area contributed by atoms with Crippen LogP contribution in [-0.4, -0.2) is 63.8 Å². The van der Waals surface area contributed by atoms with Gasteiger partial charge in [0.2, 0.25) is 0 Å². The first-order valence-electron chi connectivity index (χ1n) is 28.3. The standard InChI is InChI=1S/C38H80N.C19H42N.2ClH/c1-5-7-9-11-13-15-17-19-21-23-25-27-29-31-33-35-37-39(3,4)38-36-34-32-30-28-26-24-22-20-18-16-14-12-10-8-6-2;1-5-6-7-8-9-10-11-12-13-14-15-16-17-18-19-20(2,3)4;;/h5-38H2,1-4H3;5-19H2,1-4H3;2*1H/q2*+1;;/p-2. The smallest absolute Gasteiger partial charge is 0.0782 e. The molecule has 0 heterocycles. The van der Waals surface area contributed by atoms with Crippen LogP contribution in [0.4, 0.5) is 0 Å². The quantitative estimate of drug-likeness (QED) is 0.0422. The highest BCUT2D eigenvalue weighted by Crippen LogP contribution is 2.17. The zero-order valence-corrected chi connectivity index (χ0v) is 45.8. The van der Waals surface area contributed by atoms with E-state index in [1.807, 2.05) is 0 Å². The van der Waals surface area contributed by atoms with Gasteiger partial charge in [-0.15, -0.1) is 0 Å². The summed E-state index contributed by atoms with van der Waals surface area (Å²) in [7, 11) is 11.8. The van der Waals surface area contributed by atoms with Gasteiger partial charge in [-0.25, -0.2) is 0 Å². The molecule has 0 aliphatic rings. The maximum Gasteiger partial charge on any atom is 0.0782 e. The van der Waals surface area contributed by atoms with Crippen molar-refractivity contribution in [2.24, 2.45) is 0 Å². The summed E-state index contributed by atoms with van der Waals surface area (Å²) in [5.74, 6) is 0. The van der Waals surface area contributed by atoms with E-state index in [0.717, 1.165) is 4.48 Å². The van der Waals surface area contributed by atoms with Gasteiger partial charge < -0.3 is 33.8 Å². The monoisotopic (exact) mass is 905 g/mol. The van der Waals surface area contributed by atoms with Gasteiger partial charge in [0.05, 0.1) is 54.9 Å². The molecule has 0 rings (SSSR count). The lowest BCUT2D eigenvalue weighted by molar-refractivity contribution is -0.890. The number of halogens is 2. The second-order valence-corrected chi connectivity index (χ2v) is 21.6. The van der Waals surface area contributed by atoms with Gasteiger partial charge in [0.25, 0.3) is 0 Å². The molecule has 0 atom stereocenters. The van der Waals surface area contributed by atoms with E-state index in [2.05, 4.69) is 56.0 Å². The van der Waals surface area contributed by atoms with Crippen LogP contribution in [-0.2, 0) is 0 Å². The summed E-state index contributed by atoms with van der Waals surface area (Å²) in [4.78, 5) is 0. The van der Waals surface area contributed by atoms with Crippen molar-refractivity contribution in [1.29, 1.82) is 0 Å². The molecule has 374 valence electrons. The number of hydrogen-bond acceptors (Lipinski definition) is 0. The van der Waals surface area contributed by atoms with E-state index in [-0.39, 0.29) is 24.8 Å². The molecule has 0 aromatic rings. The van der Waals surface area contributed by atoms with Crippen LogP contribution in [0.2, 0.25) is 0 Å². The molecule has 0 aliphatic heterocycles. The minimum absolute atomic E-state index is 0. The molecule has 0 aromatic carbocycles. The van der Waals surface area contributed by atoms with Crippen molar-refractivity contribution in [2.45, 2.75) is 316 Å². The molecule has 0 saturated heterocycles. The molecule has 0 bridgehead atoms. The molecule has 0 spiro atoms. The van der Waals surface area contributed by atoms with Crippen LogP contribution < -0.4 is 24.8 Å². The van der Waals surface area contributed by atoms with Crippen LogP contribution in [0.3, 0.4) is 0 Å². The second kappa shape index (κ2) is 56.6. The minimum atomic E-state index is 0. The fourth-order valence-electron chi connectivity index (χ4n) is 9.07. The first-order valence-corrected chi connectivity index (χ1v) is 28.3. The van der Waals surface area contributed by atoms with Crippen molar-refractivity contribution in [3.05, 3.63) is 0 Å². The van der Waals surface area contributed by atoms with Crippen molar-refractivity contribution >= 4 is 0 Å². The maximum atomic E-state index is 2.47. The molecule has 0 N–H and O–H groups in total. The third kappa shape index (κ3) is 67.2. The highest BCUT2D eigenvalue weighted by atomic mass is 35.5. The number of quaternary nitrogens is 2. The van der Waals surface area contributed by atoms with Gasteiger partial charge in [-0.05, 0) is 38.5 Å². The highest BCUT2D eigenvalue weighted by Gasteiger charge is 2.13. The zero-order chi connectivity index (χ0) is 43.6. The molecule has 2 nitrogen and oxygen atoms in total. The minimum Gasteiger partial charge on any atom is -1.00 e. The van der Waals surface area contributed by atoms with Crippen molar-refractivity contribution in [2.75, 3.05) is 54.9 Å². The molecule has 0 radical (unpaired) electrons. The Morgan fingerprint density at radius 3 is 0.459 bits per heavy atom. The number of rotatable bonds is 49. The van der Waals surface area contributed by atoms with Gasteiger partial charge in [0, 0.05) is 0 Å². The van der Waals surface area contributed by atoms with Crippen LogP contribution in [0, 0.1) is 0 Å². The van der Waals surface area contributed by atoms with Crippen LogP contribution in [0.5, 0.6) is 0 Å². The Kier molecular flexibility index (Phi) is 63.2. The van der Waals surface area contributed by atoms with Crippen molar-refractivity contribution in [3.63, 3.8) is 0 Å². The van der Waals surface area contributed by atoms with Gasteiger partial charge in [-0.3, -0.25) is 0 Å². The molecule has 0 unspecified atom stereocenters. The van der Waals surface area contributed by atoms with E-state index in [9.17, 15) is 0 Å². The molecule has 61 heavy (non-hydrogen) atoms. The molecular weight excluding hydrogens is 784 g/mol. The number of unbranched alkanes of at least 4 members (excludes halogenated alkanes) is 43. The van der Waals surface area contributed by atoms with E-state index >= 15 is 0 Å². The topological polar surface area (TPSA) is 0 Å². The van der Waals surface area contributed by atoms with Gasteiger partial charge in [0.15, 0.2) is 0 Å². The summed E-state index contributed by atoms with van der Waals surface area (Å²) in [5.41, 5.74) is 0. The molecule has 4 heteroatoms. The van der Waals surface area contributed by atoms with Gasteiger partial charge in [-0.2, -0.15) is 0 Å². The first-order chi connectivity index (χ1) is 28.7. The largest absolute Gasteiger partial charge is 1.00 e. The Morgan fingerprint density at radius 2 is 0.311 bits per heavy atom. The fourth-order valence-corrected chi connectivity index (χ4v) is 9.07. The van der Waals surface area contributed by atoms with E-state index in [1.165, 1.54) is 319 Å². The lowest BCUT2D eigenvalue weighted by Gasteiger charge is -2.30. The Balaban J connectivity index is -0.000000624. The average Bonchev–Trinajstić information content (AvgIpc) is 3.20. The molecule has 0 aliphatic carbocycles. The lowest BCUT2D eigenvalue weighted by Crippen LogP contribution is -3.00. The third-order valence-electron chi connectivity index (χ3n) is 13.4. The summed E-state index contributed by atoms with van der Waals surface area (Å²) in [6, 6.07) is 0. The fraction of sp³-hybridized carbons (Fsp3) is 1.00. The Hall–Kier alpha value is 0.500. The SMILES string of the molecule is CCCCCCCCCCCCCCCCCC[N+](C)(C)CCCCCCCCCCCCCCCCCC.CCCCCCCCCCCCCCCC[N+](C)(C)C.[Cl-].[Cl-]. The summed E-state index contributed by atoms with van der Waals surface area (Å²) in [6.45, 7) is 11.0. The molecular formula is C57H122Cl2N2. The van der Waals surface area contributed by atoms with Crippen molar-refractivity contribution in [1.82, 2.24) is 0 Å². The lowest BCUT2D eigenvalue weighted by atomic mass is 10.0. The predicted octanol–water partition coefficient (Wildman–Crippen LogP) is 13.8. The summed E-state index contributed by atoms with van der Waals surface area (Å²) >= 11 is 0. The normalized spacial score (nSPS) is 11.6.